The van der Waals surface area contributed by atoms with Gasteiger partial charge in [-0.05, 0) is 55.8 Å². The average Bonchev–Trinajstić information content (AvgIpc) is 1.97. The van der Waals surface area contributed by atoms with Gasteiger partial charge in [0.15, 0.2) is 0 Å². The van der Waals surface area contributed by atoms with Gasteiger partial charge in [0, 0.05) is 7.11 Å². The lowest BCUT2D eigenvalue weighted by Crippen LogP contribution is -2.56. The van der Waals surface area contributed by atoms with Crippen molar-refractivity contribution in [2.75, 3.05) is 13.7 Å². The molecule has 0 spiro atoms. The molecule has 4 aliphatic carbocycles. The van der Waals surface area contributed by atoms with Gasteiger partial charge in [-0.2, -0.15) is 0 Å². The molecule has 0 saturated heterocycles. The molecule has 80 valence electrons. The van der Waals surface area contributed by atoms with Crippen LogP contribution < -0.4 is 0 Å². The van der Waals surface area contributed by atoms with E-state index in [0.29, 0.717) is 5.41 Å². The smallest absolute Gasteiger partial charge is 0.0659 e. The third-order valence-electron chi connectivity index (χ3n) is 4.60. The Hall–Kier alpha value is -0.0800. The van der Waals surface area contributed by atoms with Crippen molar-refractivity contribution in [1.29, 1.82) is 0 Å². The minimum Gasteiger partial charge on any atom is -0.390 e. The first-order valence-electron chi connectivity index (χ1n) is 5.84. The summed E-state index contributed by atoms with van der Waals surface area (Å²) < 4.78 is 5.36. The van der Waals surface area contributed by atoms with Gasteiger partial charge in [-0.1, -0.05) is 0 Å². The van der Waals surface area contributed by atoms with Gasteiger partial charge in [-0.15, -0.1) is 0 Å². The van der Waals surface area contributed by atoms with Crippen LogP contribution in [-0.4, -0.2) is 24.4 Å². The number of rotatable bonds is 2. The quantitative estimate of drug-likeness (QED) is 0.731. The molecule has 4 rings (SSSR count). The molecule has 0 radical (unpaired) electrons. The maximum absolute atomic E-state index is 10.4. The van der Waals surface area contributed by atoms with E-state index >= 15 is 0 Å². The summed E-state index contributed by atoms with van der Waals surface area (Å²) in [5, 5.41) is 10.4. The second-order valence-corrected chi connectivity index (χ2v) is 6.12. The zero-order valence-electron chi connectivity index (χ0n) is 8.96. The van der Waals surface area contributed by atoms with Crippen LogP contribution in [0, 0.1) is 17.3 Å². The number of aliphatic hydroxyl groups is 1. The van der Waals surface area contributed by atoms with Crippen molar-refractivity contribution in [1.82, 2.24) is 0 Å². The Balaban J connectivity index is 1.89. The van der Waals surface area contributed by atoms with Crippen molar-refractivity contribution < 1.29 is 9.84 Å². The molecule has 1 N–H and O–H groups in total. The fourth-order valence-corrected chi connectivity index (χ4v) is 4.88. The van der Waals surface area contributed by atoms with Gasteiger partial charge < -0.3 is 9.84 Å². The molecule has 4 aliphatic rings. The topological polar surface area (TPSA) is 29.5 Å². The molecule has 0 aromatic rings. The van der Waals surface area contributed by atoms with E-state index in [1.807, 2.05) is 0 Å². The van der Waals surface area contributed by atoms with Gasteiger partial charge in [-0.25, -0.2) is 0 Å². The van der Waals surface area contributed by atoms with Gasteiger partial charge in [0.25, 0.3) is 0 Å². The molecular weight excluding hydrogens is 176 g/mol. The molecule has 4 fully saturated rings. The Morgan fingerprint density at radius 1 is 1.21 bits per heavy atom. The highest BCUT2D eigenvalue weighted by Crippen LogP contribution is 2.61. The fourth-order valence-electron chi connectivity index (χ4n) is 4.88. The van der Waals surface area contributed by atoms with Crippen molar-refractivity contribution >= 4 is 0 Å². The van der Waals surface area contributed by atoms with Gasteiger partial charge in [0.05, 0.1) is 12.2 Å². The van der Waals surface area contributed by atoms with Gasteiger partial charge in [0.1, 0.15) is 0 Å². The lowest BCUT2D eigenvalue weighted by atomic mass is 9.48. The van der Waals surface area contributed by atoms with Gasteiger partial charge in [0.2, 0.25) is 0 Å². The van der Waals surface area contributed by atoms with Crippen molar-refractivity contribution in [3.05, 3.63) is 0 Å². The van der Waals surface area contributed by atoms with E-state index in [4.69, 9.17) is 4.74 Å². The lowest BCUT2D eigenvalue weighted by molar-refractivity contribution is -0.177. The first-order valence-corrected chi connectivity index (χ1v) is 5.84. The maximum atomic E-state index is 10.4. The molecule has 0 aliphatic heterocycles. The first kappa shape index (κ1) is 9.17. The standard InChI is InChI=1S/C12H20O2/c1-14-8-11-3-9-2-10(4-11)6-12(13,5-9)7-11/h9-10,13H,2-8H2,1H3. The molecule has 0 amide bonds. The lowest BCUT2D eigenvalue weighted by Gasteiger charge is -2.60. The molecule has 2 heteroatoms. The third-order valence-corrected chi connectivity index (χ3v) is 4.60. The van der Waals surface area contributed by atoms with Crippen LogP contribution in [0.25, 0.3) is 0 Å². The molecule has 0 aromatic heterocycles. The molecule has 4 bridgehead atoms. The number of methoxy groups -OCH3 is 1. The van der Waals surface area contributed by atoms with Crippen LogP contribution in [0.1, 0.15) is 38.5 Å². The molecule has 2 nitrogen and oxygen atoms in total. The highest BCUT2D eigenvalue weighted by molar-refractivity contribution is 5.08. The second kappa shape index (κ2) is 2.73. The monoisotopic (exact) mass is 196 g/mol. The van der Waals surface area contributed by atoms with Crippen molar-refractivity contribution in [3.8, 4) is 0 Å². The molecule has 2 atom stereocenters. The molecule has 0 aromatic carbocycles. The summed E-state index contributed by atoms with van der Waals surface area (Å²) in [6.45, 7) is 0.863. The summed E-state index contributed by atoms with van der Waals surface area (Å²) in [6.07, 6.45) is 7.11. The molecule has 2 unspecified atom stereocenters. The van der Waals surface area contributed by atoms with Crippen LogP contribution in [0.15, 0.2) is 0 Å². The Labute approximate surface area is 85.6 Å². The number of hydrogen-bond donors (Lipinski definition) is 1. The summed E-state index contributed by atoms with van der Waals surface area (Å²) in [7, 11) is 1.79. The highest BCUT2D eigenvalue weighted by atomic mass is 16.5. The predicted molar refractivity (Wildman–Crippen MR) is 53.9 cm³/mol. The van der Waals surface area contributed by atoms with E-state index in [-0.39, 0.29) is 5.60 Å². The van der Waals surface area contributed by atoms with E-state index in [1.165, 1.54) is 19.3 Å². The fraction of sp³-hybridized carbons (Fsp3) is 1.00. The van der Waals surface area contributed by atoms with E-state index < -0.39 is 0 Å². The zero-order valence-corrected chi connectivity index (χ0v) is 8.96. The molecule has 14 heavy (non-hydrogen) atoms. The van der Waals surface area contributed by atoms with Crippen LogP contribution in [0.5, 0.6) is 0 Å². The molecule has 4 saturated carbocycles. The summed E-state index contributed by atoms with van der Waals surface area (Å²) >= 11 is 0. The first-order chi connectivity index (χ1) is 6.63. The van der Waals surface area contributed by atoms with Crippen LogP contribution in [0.4, 0.5) is 0 Å². The van der Waals surface area contributed by atoms with Crippen molar-refractivity contribution in [2.45, 2.75) is 44.1 Å². The Kier molecular flexibility index (Phi) is 1.79. The maximum Gasteiger partial charge on any atom is 0.0659 e. The van der Waals surface area contributed by atoms with Gasteiger partial charge in [-0.3, -0.25) is 0 Å². The van der Waals surface area contributed by atoms with E-state index in [2.05, 4.69) is 0 Å². The number of hydrogen-bond acceptors (Lipinski definition) is 2. The Morgan fingerprint density at radius 3 is 2.36 bits per heavy atom. The van der Waals surface area contributed by atoms with E-state index in [9.17, 15) is 5.11 Å². The van der Waals surface area contributed by atoms with Crippen LogP contribution in [0.3, 0.4) is 0 Å². The third kappa shape index (κ3) is 1.24. The van der Waals surface area contributed by atoms with Gasteiger partial charge >= 0.3 is 0 Å². The summed E-state index contributed by atoms with van der Waals surface area (Å²) in [4.78, 5) is 0. The normalized spacial score (nSPS) is 55.3. The summed E-state index contributed by atoms with van der Waals surface area (Å²) in [5.74, 6) is 1.58. The van der Waals surface area contributed by atoms with Crippen LogP contribution >= 0.6 is 0 Å². The summed E-state index contributed by atoms with van der Waals surface area (Å²) in [5.41, 5.74) is 0.0240. The molecular formula is C12H20O2. The summed E-state index contributed by atoms with van der Waals surface area (Å²) in [6, 6.07) is 0. The van der Waals surface area contributed by atoms with Crippen molar-refractivity contribution in [2.24, 2.45) is 17.3 Å². The Bertz CT molecular complexity index is 235. The highest BCUT2D eigenvalue weighted by Gasteiger charge is 2.56. The van der Waals surface area contributed by atoms with E-state index in [0.717, 1.165) is 37.7 Å². The zero-order chi connectivity index (χ0) is 9.81. The minimum absolute atomic E-state index is 0.317. The van der Waals surface area contributed by atoms with Crippen LogP contribution in [0.2, 0.25) is 0 Å². The molecule has 0 heterocycles. The minimum atomic E-state index is -0.317. The van der Waals surface area contributed by atoms with E-state index in [1.54, 1.807) is 7.11 Å². The largest absolute Gasteiger partial charge is 0.390 e. The Morgan fingerprint density at radius 2 is 1.86 bits per heavy atom. The predicted octanol–water partition coefficient (Wildman–Crippen LogP) is 1.96. The number of ether oxygens (including phenoxy) is 1. The van der Waals surface area contributed by atoms with Crippen LogP contribution in [-0.2, 0) is 4.74 Å². The average molecular weight is 196 g/mol. The second-order valence-electron chi connectivity index (χ2n) is 6.12. The SMILES string of the molecule is COCC12CC3CC(CC(O)(C3)C1)C2. The van der Waals surface area contributed by atoms with Crippen molar-refractivity contribution in [3.63, 3.8) is 0 Å².